The molecule has 2 fully saturated rings. The zero-order chi connectivity index (χ0) is 30.5. The number of aryl methyl sites for hydroxylation is 1. The van der Waals surface area contributed by atoms with Crippen LogP contribution in [0.25, 0.3) is 0 Å². The van der Waals surface area contributed by atoms with Crippen LogP contribution in [0.5, 0.6) is 11.5 Å². The molecule has 4 aromatic rings. The highest BCUT2D eigenvalue weighted by molar-refractivity contribution is 6.02. The van der Waals surface area contributed by atoms with Crippen molar-refractivity contribution in [3.8, 4) is 11.5 Å². The normalized spacial score (nSPS) is 16.9. The number of likely N-dealkylation sites (N-methyl/N-ethyl adjacent to an activating group) is 1. The maximum Gasteiger partial charge on any atom is 0.247 e. The Hall–Kier alpha value is -4.93. The van der Waals surface area contributed by atoms with Crippen LogP contribution in [-0.4, -0.2) is 60.6 Å². The van der Waals surface area contributed by atoms with E-state index in [-0.39, 0.29) is 11.9 Å². The van der Waals surface area contributed by atoms with Gasteiger partial charge in [-0.1, -0.05) is 36.9 Å². The van der Waals surface area contributed by atoms with Crippen LogP contribution in [0, 0.1) is 6.92 Å². The number of nitrogens with zero attached hydrogens (tertiary/aromatic N) is 5. The third-order valence-corrected chi connectivity index (χ3v) is 7.90. The molecule has 226 valence electrons. The molecule has 3 aromatic carbocycles. The summed E-state index contributed by atoms with van der Waals surface area (Å²) in [4.78, 5) is 32.1. The van der Waals surface area contributed by atoms with Crippen LogP contribution in [-0.2, 0) is 9.63 Å². The topological polar surface area (TPSA) is 95.1 Å². The first-order valence-corrected chi connectivity index (χ1v) is 14.8. The second-order valence-corrected chi connectivity index (χ2v) is 11.0. The van der Waals surface area contributed by atoms with Gasteiger partial charge in [-0.05, 0) is 67.6 Å². The first-order chi connectivity index (χ1) is 21.5. The van der Waals surface area contributed by atoms with Gasteiger partial charge in [-0.2, -0.15) is 0 Å². The Morgan fingerprint density at radius 1 is 0.977 bits per heavy atom. The number of nitrogens with one attached hydrogen (secondary N) is 2. The van der Waals surface area contributed by atoms with Gasteiger partial charge >= 0.3 is 0 Å². The number of benzene rings is 3. The number of rotatable bonds is 9. The van der Waals surface area contributed by atoms with Crippen molar-refractivity contribution in [2.24, 2.45) is 0 Å². The van der Waals surface area contributed by atoms with Gasteiger partial charge in [0, 0.05) is 44.4 Å². The summed E-state index contributed by atoms with van der Waals surface area (Å²) in [6.45, 7) is 9.93. The zero-order valence-corrected chi connectivity index (χ0v) is 25.1. The fraction of sp³-hybridized carbons (Fsp3) is 0.265. The summed E-state index contributed by atoms with van der Waals surface area (Å²) in [6, 6.07) is 23.7. The summed E-state index contributed by atoms with van der Waals surface area (Å²) in [5.41, 5.74) is 4.65. The molecule has 2 aliphatic heterocycles. The number of anilines is 5. The van der Waals surface area contributed by atoms with Gasteiger partial charge in [-0.3, -0.25) is 9.63 Å². The molecule has 0 spiro atoms. The third kappa shape index (κ3) is 6.66. The summed E-state index contributed by atoms with van der Waals surface area (Å²) < 4.78 is 6.08. The van der Waals surface area contributed by atoms with Crippen LogP contribution < -0.4 is 25.3 Å². The second-order valence-electron chi connectivity index (χ2n) is 11.0. The summed E-state index contributed by atoms with van der Waals surface area (Å²) in [5.74, 6) is 2.55. The van der Waals surface area contributed by atoms with Crippen molar-refractivity contribution >= 4 is 34.6 Å². The lowest BCUT2D eigenvalue weighted by Crippen LogP contribution is -2.44. The molecule has 0 saturated carbocycles. The van der Waals surface area contributed by atoms with Crippen molar-refractivity contribution in [2.75, 3.05) is 60.4 Å². The Morgan fingerprint density at radius 2 is 1.77 bits per heavy atom. The van der Waals surface area contributed by atoms with E-state index in [4.69, 9.17) is 9.57 Å². The predicted octanol–water partition coefficient (Wildman–Crippen LogP) is 6.08. The smallest absolute Gasteiger partial charge is 0.247 e. The minimum absolute atomic E-state index is 0.0394. The number of amides is 1. The number of carbonyl (C=O) groups is 1. The Labute approximate surface area is 257 Å². The summed E-state index contributed by atoms with van der Waals surface area (Å²) >= 11 is 0. The molecular weight excluding hydrogens is 554 g/mol. The van der Waals surface area contributed by atoms with Gasteiger partial charge in [0.25, 0.3) is 0 Å². The van der Waals surface area contributed by atoms with Gasteiger partial charge < -0.3 is 25.2 Å². The van der Waals surface area contributed by atoms with Crippen molar-refractivity contribution < 1.29 is 14.4 Å². The van der Waals surface area contributed by atoms with Gasteiger partial charge in [0.1, 0.15) is 23.6 Å². The highest BCUT2D eigenvalue weighted by Gasteiger charge is 2.30. The van der Waals surface area contributed by atoms with E-state index in [1.165, 1.54) is 12.4 Å². The Morgan fingerprint density at radius 3 is 2.57 bits per heavy atom. The first kappa shape index (κ1) is 29.2. The minimum atomic E-state index is -0.255. The molecule has 1 aromatic heterocycles. The van der Waals surface area contributed by atoms with Crippen molar-refractivity contribution in [2.45, 2.75) is 19.4 Å². The van der Waals surface area contributed by atoms with Crippen LogP contribution in [0.4, 0.5) is 28.7 Å². The predicted molar refractivity (Wildman–Crippen MR) is 174 cm³/mol. The molecule has 1 atom stereocenters. The highest BCUT2D eigenvalue weighted by Crippen LogP contribution is 2.38. The molecule has 44 heavy (non-hydrogen) atoms. The molecule has 6 rings (SSSR count). The largest absolute Gasteiger partial charge is 0.457 e. The number of ether oxygens (including phenoxy) is 1. The van der Waals surface area contributed by atoms with Crippen LogP contribution >= 0.6 is 0 Å². The van der Waals surface area contributed by atoms with Gasteiger partial charge in [0.2, 0.25) is 5.91 Å². The highest BCUT2D eigenvalue weighted by atomic mass is 16.7. The lowest BCUT2D eigenvalue weighted by atomic mass is 10.0. The molecule has 0 aliphatic carbocycles. The molecule has 2 saturated heterocycles. The van der Waals surface area contributed by atoms with Gasteiger partial charge in [-0.25, -0.2) is 15.0 Å². The summed E-state index contributed by atoms with van der Waals surface area (Å²) in [5, 5.41) is 8.28. The van der Waals surface area contributed by atoms with Gasteiger partial charge in [0.15, 0.2) is 5.82 Å². The summed E-state index contributed by atoms with van der Waals surface area (Å²) in [6.07, 6.45) is 3.62. The molecule has 2 aliphatic rings. The molecule has 0 bridgehead atoms. The number of aromatic nitrogens is 2. The van der Waals surface area contributed by atoms with Crippen molar-refractivity contribution in [1.82, 2.24) is 14.9 Å². The molecule has 10 nitrogen and oxygen atoms in total. The number of hydroxylamine groups is 1. The average molecular weight is 592 g/mol. The number of piperazine rings is 1. The lowest BCUT2D eigenvalue weighted by Gasteiger charge is -2.35. The molecule has 10 heteroatoms. The fourth-order valence-electron chi connectivity index (χ4n) is 5.50. The number of carbonyl (C=O) groups excluding carboxylic acids is 1. The van der Waals surface area contributed by atoms with Crippen LogP contribution in [0.3, 0.4) is 0 Å². The van der Waals surface area contributed by atoms with Crippen LogP contribution in [0.1, 0.15) is 23.6 Å². The number of hydrogen-bond acceptors (Lipinski definition) is 9. The SMILES string of the molecule is C=CC(=O)Nc1cc(Nc2cc(N3OCCC3c3cccc(Oc4ccccc4)c3)ncn2)c(C)cc1N1CCN(C)CC1. The van der Waals surface area contributed by atoms with E-state index in [1.807, 2.05) is 72.7 Å². The summed E-state index contributed by atoms with van der Waals surface area (Å²) in [7, 11) is 2.12. The van der Waals surface area contributed by atoms with Crippen molar-refractivity contribution in [3.63, 3.8) is 0 Å². The Kier molecular flexibility index (Phi) is 8.71. The third-order valence-electron chi connectivity index (χ3n) is 7.90. The van der Waals surface area contributed by atoms with Crippen molar-refractivity contribution in [1.29, 1.82) is 0 Å². The molecular formula is C34H37N7O3. The number of hydrogen-bond donors (Lipinski definition) is 2. The second kappa shape index (κ2) is 13.2. The quantitative estimate of drug-likeness (QED) is 0.225. The maximum atomic E-state index is 12.4. The molecule has 0 radical (unpaired) electrons. The van der Waals surface area contributed by atoms with E-state index >= 15 is 0 Å². The monoisotopic (exact) mass is 591 g/mol. The fourth-order valence-corrected chi connectivity index (χ4v) is 5.50. The standard InChI is InChI=1S/C34H37N7O3/c1-4-34(42)38-29-21-28(24(2)19-31(29)40-16-14-39(3)15-17-40)37-32-22-33(36-23-35-32)41-30(13-18-43-41)25-9-8-12-27(20-25)44-26-10-6-5-7-11-26/h4-12,19-23,30H,1,13-18H2,2-3H3,(H,38,42)(H,35,36,37). The van der Waals surface area contributed by atoms with Gasteiger partial charge in [-0.15, -0.1) is 0 Å². The molecule has 1 amide bonds. The van der Waals surface area contributed by atoms with E-state index in [0.717, 1.165) is 72.3 Å². The van der Waals surface area contributed by atoms with Crippen LogP contribution in [0.15, 0.2) is 91.8 Å². The van der Waals surface area contributed by atoms with Crippen molar-refractivity contribution in [3.05, 3.63) is 103 Å². The zero-order valence-electron chi connectivity index (χ0n) is 25.1. The van der Waals surface area contributed by atoms with E-state index in [9.17, 15) is 4.79 Å². The van der Waals surface area contributed by atoms with E-state index in [0.29, 0.717) is 18.2 Å². The number of para-hydroxylation sites is 1. The molecule has 1 unspecified atom stereocenters. The van der Waals surface area contributed by atoms with E-state index in [2.05, 4.69) is 56.2 Å². The molecule has 2 N–H and O–H groups in total. The van der Waals surface area contributed by atoms with Crippen LogP contribution in [0.2, 0.25) is 0 Å². The lowest BCUT2D eigenvalue weighted by molar-refractivity contribution is -0.111. The Bertz CT molecular complexity index is 1620. The average Bonchev–Trinajstić information content (AvgIpc) is 3.54. The van der Waals surface area contributed by atoms with E-state index in [1.54, 1.807) is 0 Å². The maximum absolute atomic E-state index is 12.4. The van der Waals surface area contributed by atoms with E-state index < -0.39 is 0 Å². The first-order valence-electron chi connectivity index (χ1n) is 14.8. The Balaban J connectivity index is 1.23. The minimum Gasteiger partial charge on any atom is -0.457 e. The molecule has 3 heterocycles. The van der Waals surface area contributed by atoms with Gasteiger partial charge in [0.05, 0.1) is 24.0 Å².